The lowest BCUT2D eigenvalue weighted by Crippen LogP contribution is -2.27. The molecule has 0 atom stereocenters. The monoisotopic (exact) mass is 302 g/mol. The second kappa shape index (κ2) is 9.04. The number of ether oxygens (including phenoxy) is 2. The number of hydrogen-bond donors (Lipinski definition) is 2. The maximum absolute atomic E-state index is 12.1. The van der Waals surface area contributed by atoms with Crippen molar-refractivity contribution in [1.29, 1.82) is 0 Å². The van der Waals surface area contributed by atoms with Crippen LogP contribution in [-0.4, -0.2) is 41.9 Å². The summed E-state index contributed by atoms with van der Waals surface area (Å²) in [5, 5.41) is 0. The first-order valence-electron chi connectivity index (χ1n) is 6.46. The first kappa shape index (κ1) is 17.1. The third-order valence-corrected chi connectivity index (χ3v) is 4.23. The van der Waals surface area contributed by atoms with Crippen molar-refractivity contribution < 1.29 is 17.9 Å². The van der Waals surface area contributed by atoms with Crippen molar-refractivity contribution in [2.75, 3.05) is 33.5 Å². The standard InChI is InChI=1S/C13H22N2O4S/c1-18-9-10-19-8-4-7-15-20(16,17)13-6-3-2-5-12(13)11-14/h2-3,5-6,15H,4,7-11,14H2,1H3. The van der Waals surface area contributed by atoms with Gasteiger partial charge in [-0.25, -0.2) is 13.1 Å². The average Bonchev–Trinajstić information content (AvgIpc) is 2.46. The third-order valence-electron chi connectivity index (χ3n) is 2.67. The molecule has 0 aliphatic rings. The molecule has 0 aliphatic carbocycles. The van der Waals surface area contributed by atoms with Crippen LogP contribution in [0.15, 0.2) is 29.2 Å². The molecule has 3 N–H and O–H groups in total. The van der Waals surface area contributed by atoms with Crippen LogP contribution in [0.25, 0.3) is 0 Å². The number of nitrogens with one attached hydrogen (secondary N) is 1. The van der Waals surface area contributed by atoms with Gasteiger partial charge in [-0.1, -0.05) is 18.2 Å². The van der Waals surface area contributed by atoms with Gasteiger partial charge in [-0.3, -0.25) is 0 Å². The molecular formula is C13H22N2O4S. The fourth-order valence-electron chi connectivity index (χ4n) is 1.64. The van der Waals surface area contributed by atoms with Crippen LogP contribution in [0.5, 0.6) is 0 Å². The van der Waals surface area contributed by atoms with Crippen LogP contribution in [0, 0.1) is 0 Å². The molecular weight excluding hydrogens is 280 g/mol. The van der Waals surface area contributed by atoms with Crippen LogP contribution >= 0.6 is 0 Å². The fraction of sp³-hybridized carbons (Fsp3) is 0.538. The van der Waals surface area contributed by atoms with Crippen molar-refractivity contribution >= 4 is 10.0 Å². The van der Waals surface area contributed by atoms with Gasteiger partial charge in [-0.05, 0) is 18.1 Å². The van der Waals surface area contributed by atoms with E-state index in [-0.39, 0.29) is 11.4 Å². The Bertz CT molecular complexity index is 491. The highest BCUT2D eigenvalue weighted by Gasteiger charge is 2.16. The van der Waals surface area contributed by atoms with Crippen LogP contribution in [0.3, 0.4) is 0 Å². The zero-order valence-electron chi connectivity index (χ0n) is 11.7. The van der Waals surface area contributed by atoms with E-state index in [1.165, 1.54) is 0 Å². The van der Waals surface area contributed by atoms with Gasteiger partial charge in [0.1, 0.15) is 0 Å². The molecule has 1 aromatic rings. The number of methoxy groups -OCH3 is 1. The Hall–Kier alpha value is -0.990. The number of benzene rings is 1. The number of sulfonamides is 1. The van der Waals surface area contributed by atoms with E-state index < -0.39 is 10.0 Å². The molecule has 0 bridgehead atoms. The lowest BCUT2D eigenvalue weighted by molar-refractivity contribution is 0.0699. The fourth-order valence-corrected chi connectivity index (χ4v) is 2.96. The maximum Gasteiger partial charge on any atom is 0.240 e. The van der Waals surface area contributed by atoms with Gasteiger partial charge in [0.2, 0.25) is 10.0 Å². The second-order valence-electron chi connectivity index (χ2n) is 4.17. The van der Waals surface area contributed by atoms with E-state index in [0.29, 0.717) is 38.3 Å². The molecule has 0 unspecified atom stereocenters. The van der Waals surface area contributed by atoms with Gasteiger partial charge >= 0.3 is 0 Å². The zero-order valence-corrected chi connectivity index (χ0v) is 12.5. The van der Waals surface area contributed by atoms with Crippen LogP contribution in [0.2, 0.25) is 0 Å². The summed E-state index contributed by atoms with van der Waals surface area (Å²) in [6.45, 7) is 2.06. The van der Waals surface area contributed by atoms with Gasteiger partial charge in [0.15, 0.2) is 0 Å². The van der Waals surface area contributed by atoms with Gasteiger partial charge in [-0.15, -0.1) is 0 Å². The molecule has 0 saturated carbocycles. The number of nitrogens with two attached hydrogens (primary N) is 1. The lowest BCUT2D eigenvalue weighted by atomic mass is 10.2. The van der Waals surface area contributed by atoms with Gasteiger partial charge in [0, 0.05) is 26.8 Å². The number of rotatable bonds is 10. The molecule has 20 heavy (non-hydrogen) atoms. The maximum atomic E-state index is 12.1. The summed E-state index contributed by atoms with van der Waals surface area (Å²) in [7, 11) is -1.91. The SMILES string of the molecule is COCCOCCCNS(=O)(=O)c1ccccc1CN. The predicted octanol–water partition coefficient (Wildman–Crippen LogP) is 0.477. The topological polar surface area (TPSA) is 90.6 Å². The molecule has 0 aliphatic heterocycles. The van der Waals surface area contributed by atoms with E-state index >= 15 is 0 Å². The molecule has 0 amide bonds. The second-order valence-corrected chi connectivity index (χ2v) is 5.90. The molecule has 6 nitrogen and oxygen atoms in total. The van der Waals surface area contributed by atoms with Gasteiger partial charge in [-0.2, -0.15) is 0 Å². The summed E-state index contributed by atoms with van der Waals surface area (Å²) in [5.74, 6) is 0. The lowest BCUT2D eigenvalue weighted by Gasteiger charge is -2.10. The van der Waals surface area contributed by atoms with E-state index in [9.17, 15) is 8.42 Å². The smallest absolute Gasteiger partial charge is 0.240 e. The van der Waals surface area contributed by atoms with Gasteiger partial charge in [0.05, 0.1) is 18.1 Å². The molecule has 0 aromatic heterocycles. The zero-order chi connectivity index (χ0) is 14.8. The molecule has 0 fully saturated rings. The summed E-state index contributed by atoms with van der Waals surface area (Å²) in [5.41, 5.74) is 6.15. The predicted molar refractivity (Wildman–Crippen MR) is 76.8 cm³/mol. The Morgan fingerprint density at radius 1 is 1.20 bits per heavy atom. The van der Waals surface area contributed by atoms with E-state index in [1.807, 2.05) is 0 Å². The van der Waals surface area contributed by atoms with Crippen LogP contribution in [-0.2, 0) is 26.0 Å². The summed E-state index contributed by atoms with van der Waals surface area (Å²) in [6, 6.07) is 6.72. The minimum atomic E-state index is -3.51. The van der Waals surface area contributed by atoms with Crippen LogP contribution in [0.1, 0.15) is 12.0 Å². The van der Waals surface area contributed by atoms with Crippen LogP contribution in [0.4, 0.5) is 0 Å². The first-order chi connectivity index (χ1) is 9.61. The molecule has 0 heterocycles. The highest BCUT2D eigenvalue weighted by Crippen LogP contribution is 2.14. The Morgan fingerprint density at radius 2 is 1.95 bits per heavy atom. The molecule has 1 rings (SSSR count). The van der Waals surface area contributed by atoms with Gasteiger partial charge < -0.3 is 15.2 Å². The van der Waals surface area contributed by atoms with Crippen molar-refractivity contribution in [1.82, 2.24) is 4.72 Å². The van der Waals surface area contributed by atoms with Crippen molar-refractivity contribution in [3.8, 4) is 0 Å². The summed E-state index contributed by atoms with van der Waals surface area (Å²) >= 11 is 0. The minimum Gasteiger partial charge on any atom is -0.382 e. The summed E-state index contributed by atoms with van der Waals surface area (Å²) < 4.78 is 36.9. The average molecular weight is 302 g/mol. The van der Waals surface area contributed by atoms with Crippen molar-refractivity contribution in [3.63, 3.8) is 0 Å². The quantitative estimate of drug-likeness (QED) is 0.613. The van der Waals surface area contributed by atoms with E-state index in [1.54, 1.807) is 31.4 Å². The third kappa shape index (κ3) is 5.56. The molecule has 114 valence electrons. The molecule has 1 aromatic carbocycles. The van der Waals surface area contributed by atoms with Crippen molar-refractivity contribution in [3.05, 3.63) is 29.8 Å². The minimum absolute atomic E-state index is 0.192. The summed E-state index contributed by atoms with van der Waals surface area (Å²) in [4.78, 5) is 0.239. The Balaban J connectivity index is 2.42. The first-order valence-corrected chi connectivity index (χ1v) is 7.94. The van der Waals surface area contributed by atoms with E-state index in [4.69, 9.17) is 15.2 Å². The largest absolute Gasteiger partial charge is 0.382 e. The van der Waals surface area contributed by atoms with Crippen molar-refractivity contribution in [2.45, 2.75) is 17.9 Å². The van der Waals surface area contributed by atoms with Crippen molar-refractivity contribution in [2.24, 2.45) is 5.73 Å². The normalized spacial score (nSPS) is 11.7. The van der Waals surface area contributed by atoms with E-state index in [0.717, 1.165) is 0 Å². The molecule has 0 radical (unpaired) electrons. The molecule has 0 spiro atoms. The molecule has 0 saturated heterocycles. The van der Waals surface area contributed by atoms with E-state index in [2.05, 4.69) is 4.72 Å². The van der Waals surface area contributed by atoms with Gasteiger partial charge in [0.25, 0.3) is 0 Å². The highest BCUT2D eigenvalue weighted by molar-refractivity contribution is 7.89. The Morgan fingerprint density at radius 3 is 2.65 bits per heavy atom. The van der Waals surface area contributed by atoms with Crippen LogP contribution < -0.4 is 10.5 Å². The Labute approximate surface area is 120 Å². The molecule has 7 heteroatoms. The highest BCUT2D eigenvalue weighted by atomic mass is 32.2. The Kier molecular flexibility index (Phi) is 7.71. The number of hydrogen-bond acceptors (Lipinski definition) is 5. The summed E-state index contributed by atoms with van der Waals surface area (Å²) in [6.07, 6.45) is 0.605.